The maximum Gasteiger partial charge on any atom is 0.283 e. The number of rotatable bonds is 10. The van der Waals surface area contributed by atoms with E-state index in [4.69, 9.17) is 19.6 Å². The van der Waals surface area contributed by atoms with Crippen LogP contribution in [0.4, 0.5) is 0 Å². The van der Waals surface area contributed by atoms with Gasteiger partial charge in [-0.2, -0.15) is 15.1 Å². The molecule has 186 valence electrons. The van der Waals surface area contributed by atoms with Crippen molar-refractivity contribution in [2.45, 2.75) is 19.8 Å². The Bertz CT molecular complexity index is 1300. The largest absolute Gasteiger partial charge is 0.493 e. The number of hydrazone groups is 1. The fourth-order valence-electron chi connectivity index (χ4n) is 3.57. The molecule has 0 spiro atoms. The lowest BCUT2D eigenvalue weighted by Gasteiger charge is -2.20. The number of amides is 1. The number of nitrogens with one attached hydrogen (secondary N) is 1. The summed E-state index contributed by atoms with van der Waals surface area (Å²) in [5.41, 5.74) is 1.86. The van der Waals surface area contributed by atoms with E-state index < -0.39 is 5.91 Å². The van der Waals surface area contributed by atoms with Gasteiger partial charge in [0, 0.05) is 0 Å². The Morgan fingerprint density at radius 3 is 2.72 bits per heavy atom. The van der Waals surface area contributed by atoms with Gasteiger partial charge >= 0.3 is 0 Å². The van der Waals surface area contributed by atoms with Crippen LogP contribution in [-0.2, 0) is 11.2 Å². The Labute approximate surface area is 222 Å². The van der Waals surface area contributed by atoms with Gasteiger partial charge in [0.15, 0.2) is 17.3 Å². The third-order valence-corrected chi connectivity index (χ3v) is 6.93. The van der Waals surface area contributed by atoms with Crippen LogP contribution in [-0.4, -0.2) is 47.3 Å². The molecular formula is C26H25BrN4O4S. The first-order valence-electron chi connectivity index (χ1n) is 11.3. The Morgan fingerprint density at radius 1 is 1.19 bits per heavy atom. The molecule has 36 heavy (non-hydrogen) atoms. The molecule has 2 aliphatic rings. The van der Waals surface area contributed by atoms with Crippen molar-refractivity contribution in [2.75, 3.05) is 20.3 Å². The number of para-hydroxylation sites is 1. The van der Waals surface area contributed by atoms with Gasteiger partial charge in [-0.3, -0.25) is 10.2 Å². The molecule has 0 aliphatic carbocycles. The average Bonchev–Trinajstić information content (AvgIpc) is 3.29. The summed E-state index contributed by atoms with van der Waals surface area (Å²) in [4.78, 5) is 16.7. The number of allylic oxidation sites excluding steroid dienone is 1. The van der Waals surface area contributed by atoms with Crippen LogP contribution in [0.3, 0.4) is 0 Å². The predicted octanol–water partition coefficient (Wildman–Crippen LogP) is 5.67. The summed E-state index contributed by atoms with van der Waals surface area (Å²) < 4.78 is 18.0. The number of benzene rings is 2. The fourth-order valence-corrected chi connectivity index (χ4v) is 4.97. The molecule has 0 fully saturated rings. The molecular weight excluding hydrogens is 544 g/mol. The zero-order valence-electron chi connectivity index (χ0n) is 19.9. The number of methoxy groups -OCH3 is 1. The summed E-state index contributed by atoms with van der Waals surface area (Å²) >= 11 is 4.85. The quantitative estimate of drug-likeness (QED) is 0.225. The average molecular weight is 569 g/mol. The van der Waals surface area contributed by atoms with Gasteiger partial charge in [-0.05, 0) is 75.9 Å². The molecule has 0 bridgehead atoms. The molecule has 1 N–H and O–H groups in total. The molecule has 0 atom stereocenters. The predicted molar refractivity (Wildman–Crippen MR) is 147 cm³/mol. The van der Waals surface area contributed by atoms with E-state index in [9.17, 15) is 4.79 Å². The Hall–Kier alpha value is -3.37. The van der Waals surface area contributed by atoms with Crippen LogP contribution in [0, 0.1) is 5.41 Å². The van der Waals surface area contributed by atoms with E-state index in [0.29, 0.717) is 46.3 Å². The Morgan fingerprint density at radius 2 is 1.97 bits per heavy atom. The number of fused-ring (bicyclic) bond motifs is 1. The van der Waals surface area contributed by atoms with Crippen LogP contribution in [0.25, 0.3) is 6.08 Å². The van der Waals surface area contributed by atoms with Gasteiger partial charge in [0.2, 0.25) is 5.17 Å². The maximum atomic E-state index is 12.6. The first-order valence-corrected chi connectivity index (χ1v) is 12.9. The molecule has 4 rings (SSSR count). The monoisotopic (exact) mass is 568 g/mol. The summed E-state index contributed by atoms with van der Waals surface area (Å²) in [6.07, 6.45) is 4.87. The van der Waals surface area contributed by atoms with Crippen LogP contribution < -0.4 is 14.2 Å². The molecule has 0 unspecified atom stereocenters. The second-order valence-corrected chi connectivity index (χ2v) is 9.59. The van der Waals surface area contributed by atoms with Crippen molar-refractivity contribution < 1.29 is 19.0 Å². The molecule has 2 aromatic rings. The van der Waals surface area contributed by atoms with E-state index in [1.54, 1.807) is 25.3 Å². The minimum Gasteiger partial charge on any atom is -0.493 e. The van der Waals surface area contributed by atoms with Crippen LogP contribution >= 0.6 is 27.7 Å². The zero-order chi connectivity index (χ0) is 25.7. The summed E-state index contributed by atoms with van der Waals surface area (Å²) in [6.45, 7) is 6.39. The van der Waals surface area contributed by atoms with Crippen molar-refractivity contribution in [3.63, 3.8) is 0 Å². The second kappa shape index (κ2) is 11.6. The standard InChI is InChI=1S/C26H25BrN4O4S/c1-4-8-17-9-6-7-10-20(17)34-11-12-35-23-19(27)14-16(15-21(23)33-3)13-18-24(28)31-26(29-25(18)32)36-22(5-2)30-31/h4,6-7,9-10,13-15,28H,1,5,8,11-12H2,2-3H3. The molecule has 0 saturated heterocycles. The topological polar surface area (TPSA) is 96.6 Å². The van der Waals surface area contributed by atoms with Crippen molar-refractivity contribution in [1.29, 1.82) is 5.41 Å². The van der Waals surface area contributed by atoms with Crippen molar-refractivity contribution >= 4 is 55.7 Å². The highest BCUT2D eigenvalue weighted by molar-refractivity contribution is 9.10. The number of hydrogen-bond donors (Lipinski definition) is 1. The molecule has 1 amide bonds. The first-order chi connectivity index (χ1) is 17.4. The third kappa shape index (κ3) is 5.55. The van der Waals surface area contributed by atoms with Crippen molar-refractivity contribution in [1.82, 2.24) is 5.01 Å². The van der Waals surface area contributed by atoms with Gasteiger partial charge in [0.05, 0.1) is 17.2 Å². The summed E-state index contributed by atoms with van der Waals surface area (Å²) in [7, 11) is 1.54. The molecule has 10 heteroatoms. The highest BCUT2D eigenvalue weighted by Crippen LogP contribution is 2.38. The van der Waals surface area contributed by atoms with Gasteiger partial charge in [-0.15, -0.1) is 6.58 Å². The van der Waals surface area contributed by atoms with Gasteiger partial charge in [0.25, 0.3) is 5.91 Å². The van der Waals surface area contributed by atoms with Crippen LogP contribution in [0.2, 0.25) is 0 Å². The smallest absolute Gasteiger partial charge is 0.283 e. The van der Waals surface area contributed by atoms with Gasteiger partial charge in [0.1, 0.15) is 24.0 Å². The minimum atomic E-state index is -0.476. The Kier molecular flexibility index (Phi) is 8.27. The number of carbonyl (C=O) groups is 1. The molecule has 0 saturated carbocycles. The number of ether oxygens (including phenoxy) is 3. The number of carbonyl (C=O) groups excluding carboxylic acids is 1. The second-order valence-electron chi connectivity index (χ2n) is 7.70. The molecule has 2 heterocycles. The normalized spacial score (nSPS) is 16.0. The number of aliphatic imine (C=N–C) groups is 1. The Balaban J connectivity index is 1.48. The lowest BCUT2D eigenvalue weighted by atomic mass is 10.1. The summed E-state index contributed by atoms with van der Waals surface area (Å²) in [5.74, 6) is 1.30. The van der Waals surface area contributed by atoms with Crippen molar-refractivity contribution in [3.8, 4) is 17.2 Å². The number of thioether (sulfide) groups is 1. The van der Waals surface area contributed by atoms with Crippen LogP contribution in [0.15, 0.2) is 69.2 Å². The number of amidine groups is 2. The minimum absolute atomic E-state index is 0.00903. The number of nitrogens with zero attached hydrogens (tertiary/aromatic N) is 3. The van der Waals surface area contributed by atoms with E-state index in [1.165, 1.54) is 16.8 Å². The molecule has 0 aromatic heterocycles. The van der Waals surface area contributed by atoms with Crippen molar-refractivity contribution in [2.24, 2.45) is 10.1 Å². The van der Waals surface area contributed by atoms with Gasteiger partial charge < -0.3 is 14.2 Å². The molecule has 2 aliphatic heterocycles. The van der Waals surface area contributed by atoms with E-state index in [-0.39, 0.29) is 11.4 Å². The van der Waals surface area contributed by atoms with Gasteiger partial charge in [-0.25, -0.2) is 0 Å². The SMILES string of the molecule is C=CCc1ccccc1OCCOc1c(Br)cc(C=C2C(=N)N3N=C(CC)SC3=NC2=O)cc1OC. The van der Waals surface area contributed by atoms with E-state index in [0.717, 1.165) is 22.8 Å². The van der Waals surface area contributed by atoms with E-state index >= 15 is 0 Å². The number of halogens is 1. The summed E-state index contributed by atoms with van der Waals surface area (Å²) in [6, 6.07) is 11.4. The lowest BCUT2D eigenvalue weighted by molar-refractivity contribution is -0.114. The highest BCUT2D eigenvalue weighted by Gasteiger charge is 2.35. The van der Waals surface area contributed by atoms with E-state index in [2.05, 4.69) is 32.6 Å². The van der Waals surface area contributed by atoms with E-state index in [1.807, 2.05) is 37.3 Å². The molecule has 0 radical (unpaired) electrons. The van der Waals surface area contributed by atoms with Crippen LogP contribution in [0.1, 0.15) is 24.5 Å². The van der Waals surface area contributed by atoms with Crippen molar-refractivity contribution in [3.05, 3.63) is 70.2 Å². The van der Waals surface area contributed by atoms with Crippen LogP contribution in [0.5, 0.6) is 17.2 Å². The molecule has 2 aromatic carbocycles. The lowest BCUT2D eigenvalue weighted by Crippen LogP contribution is -2.35. The third-order valence-electron chi connectivity index (χ3n) is 5.29. The number of hydrogen-bond acceptors (Lipinski definition) is 7. The fraction of sp³-hybridized carbons (Fsp3) is 0.231. The highest BCUT2D eigenvalue weighted by atomic mass is 79.9. The molecule has 8 nitrogen and oxygen atoms in total. The zero-order valence-corrected chi connectivity index (χ0v) is 22.3. The maximum absolute atomic E-state index is 12.6. The van der Waals surface area contributed by atoms with Gasteiger partial charge in [-0.1, -0.05) is 31.2 Å². The first kappa shape index (κ1) is 25.7. The summed E-state index contributed by atoms with van der Waals surface area (Å²) in [5, 5.41) is 15.5.